The average Bonchev–Trinajstić information content (AvgIpc) is 2.46. The zero-order valence-electron chi connectivity index (χ0n) is 12.9. The summed E-state index contributed by atoms with van der Waals surface area (Å²) < 4.78 is 0. The first-order valence-electron chi connectivity index (χ1n) is 8.01. The second-order valence-electron chi connectivity index (χ2n) is 6.53. The molecule has 0 spiro atoms. The lowest BCUT2D eigenvalue weighted by molar-refractivity contribution is -0.00457. The van der Waals surface area contributed by atoms with Crippen LogP contribution >= 0.6 is 23.2 Å². The van der Waals surface area contributed by atoms with Crippen LogP contribution in [0.1, 0.15) is 44.7 Å². The Kier molecular flexibility index (Phi) is 4.80. The molecule has 0 amide bonds. The van der Waals surface area contributed by atoms with Crippen LogP contribution in [0.25, 0.3) is 0 Å². The van der Waals surface area contributed by atoms with E-state index in [9.17, 15) is 0 Å². The van der Waals surface area contributed by atoms with Crippen molar-refractivity contribution in [1.29, 1.82) is 0 Å². The van der Waals surface area contributed by atoms with Crippen molar-refractivity contribution >= 4 is 23.2 Å². The van der Waals surface area contributed by atoms with Crippen LogP contribution in [0.2, 0.25) is 10.0 Å². The van der Waals surface area contributed by atoms with Crippen molar-refractivity contribution in [2.24, 2.45) is 0 Å². The number of hydrogen-bond acceptors (Lipinski definition) is 2. The second-order valence-corrected chi connectivity index (χ2v) is 7.38. The number of halogens is 2. The topological polar surface area (TPSA) is 6.48 Å². The molecule has 3 atom stereocenters. The Labute approximate surface area is 138 Å². The number of piperazine rings is 1. The zero-order chi connectivity index (χ0) is 15.0. The van der Waals surface area contributed by atoms with Crippen LogP contribution < -0.4 is 0 Å². The third-order valence-electron chi connectivity index (χ3n) is 5.15. The Hall–Kier alpha value is -0.280. The highest BCUT2D eigenvalue weighted by Gasteiger charge is 2.35. The molecule has 4 heteroatoms. The van der Waals surface area contributed by atoms with E-state index in [2.05, 4.69) is 29.7 Å². The molecular formula is C17H24Cl2N2. The maximum atomic E-state index is 6.41. The minimum Gasteiger partial charge on any atom is -0.298 e. The fourth-order valence-corrected chi connectivity index (χ4v) is 4.50. The lowest BCUT2D eigenvalue weighted by Gasteiger charge is -2.49. The molecule has 116 valence electrons. The molecule has 21 heavy (non-hydrogen) atoms. The third kappa shape index (κ3) is 3.24. The van der Waals surface area contributed by atoms with Crippen LogP contribution in [0.4, 0.5) is 0 Å². The molecule has 1 aromatic rings. The maximum Gasteiger partial charge on any atom is 0.0468 e. The first-order valence-corrected chi connectivity index (χ1v) is 8.76. The second kappa shape index (κ2) is 6.45. The highest BCUT2D eigenvalue weighted by molar-refractivity contribution is 6.35. The van der Waals surface area contributed by atoms with E-state index in [0.29, 0.717) is 17.1 Å². The number of fused-ring (bicyclic) bond motifs is 1. The van der Waals surface area contributed by atoms with E-state index in [0.717, 1.165) is 17.6 Å². The van der Waals surface area contributed by atoms with E-state index in [-0.39, 0.29) is 0 Å². The standard InChI is InChI=1S/C17H24Cl2N2/c1-12-10-20-8-4-3-5-15(20)11-21(12)13(2)16-7-6-14(18)9-17(16)19/h6-7,9,12-13,15H,3-5,8,10-11H2,1-2H3. The fourth-order valence-electron chi connectivity index (χ4n) is 3.93. The van der Waals surface area contributed by atoms with Gasteiger partial charge in [-0.3, -0.25) is 9.80 Å². The highest BCUT2D eigenvalue weighted by atomic mass is 35.5. The van der Waals surface area contributed by atoms with Crippen LogP contribution in [0, 0.1) is 0 Å². The molecule has 3 rings (SSSR count). The molecule has 0 radical (unpaired) electrons. The monoisotopic (exact) mass is 326 g/mol. The lowest BCUT2D eigenvalue weighted by atomic mass is 9.94. The number of benzene rings is 1. The summed E-state index contributed by atoms with van der Waals surface area (Å²) in [6.45, 7) is 8.22. The molecule has 0 aromatic heterocycles. The van der Waals surface area contributed by atoms with Crippen LogP contribution in [-0.4, -0.2) is 41.5 Å². The summed E-state index contributed by atoms with van der Waals surface area (Å²) in [7, 11) is 0. The van der Waals surface area contributed by atoms with Crippen molar-refractivity contribution in [2.45, 2.75) is 51.2 Å². The molecule has 2 saturated heterocycles. The molecule has 1 aromatic carbocycles. The summed E-state index contributed by atoms with van der Waals surface area (Å²) in [6.07, 6.45) is 4.07. The predicted molar refractivity (Wildman–Crippen MR) is 90.3 cm³/mol. The van der Waals surface area contributed by atoms with Gasteiger partial charge in [0.2, 0.25) is 0 Å². The van der Waals surface area contributed by atoms with Crippen molar-refractivity contribution in [3.8, 4) is 0 Å². The quantitative estimate of drug-likeness (QED) is 0.782. The Bertz CT molecular complexity index is 506. The van der Waals surface area contributed by atoms with Crippen molar-refractivity contribution in [2.75, 3.05) is 19.6 Å². The van der Waals surface area contributed by atoms with Crippen molar-refractivity contribution in [3.05, 3.63) is 33.8 Å². The molecule has 0 bridgehead atoms. The summed E-state index contributed by atoms with van der Waals surface area (Å²) in [4.78, 5) is 5.29. The van der Waals surface area contributed by atoms with Crippen LogP contribution in [-0.2, 0) is 0 Å². The van der Waals surface area contributed by atoms with Gasteiger partial charge in [0.25, 0.3) is 0 Å². The largest absolute Gasteiger partial charge is 0.298 e. The minimum atomic E-state index is 0.342. The highest BCUT2D eigenvalue weighted by Crippen LogP contribution is 2.34. The molecular weight excluding hydrogens is 303 g/mol. The first kappa shape index (κ1) is 15.6. The Morgan fingerprint density at radius 1 is 1.19 bits per heavy atom. The van der Waals surface area contributed by atoms with E-state index < -0.39 is 0 Å². The van der Waals surface area contributed by atoms with Crippen molar-refractivity contribution < 1.29 is 0 Å². The van der Waals surface area contributed by atoms with Crippen LogP contribution in [0.15, 0.2) is 18.2 Å². The van der Waals surface area contributed by atoms with Crippen molar-refractivity contribution in [3.63, 3.8) is 0 Å². The summed E-state index contributed by atoms with van der Waals surface area (Å²) in [5, 5.41) is 1.49. The minimum absolute atomic E-state index is 0.342. The van der Waals surface area contributed by atoms with Gasteiger partial charge in [-0.05, 0) is 50.9 Å². The summed E-state index contributed by atoms with van der Waals surface area (Å²) >= 11 is 12.4. The smallest absolute Gasteiger partial charge is 0.0468 e. The zero-order valence-corrected chi connectivity index (χ0v) is 14.4. The van der Waals surface area contributed by atoms with Gasteiger partial charge in [-0.25, -0.2) is 0 Å². The van der Waals surface area contributed by atoms with E-state index >= 15 is 0 Å². The van der Waals surface area contributed by atoms with Gasteiger partial charge in [0.1, 0.15) is 0 Å². The number of hydrogen-bond donors (Lipinski definition) is 0. The van der Waals surface area contributed by atoms with Gasteiger partial charge in [0.05, 0.1) is 0 Å². The van der Waals surface area contributed by atoms with Crippen LogP contribution in [0.5, 0.6) is 0 Å². The van der Waals surface area contributed by atoms with Gasteiger partial charge in [0.15, 0.2) is 0 Å². The molecule has 0 saturated carbocycles. The average molecular weight is 327 g/mol. The fraction of sp³-hybridized carbons (Fsp3) is 0.647. The SMILES string of the molecule is CC1CN2CCCCC2CN1C(C)c1ccc(Cl)cc1Cl. The predicted octanol–water partition coefficient (Wildman–Crippen LogP) is 4.61. The number of nitrogens with zero attached hydrogens (tertiary/aromatic N) is 2. The molecule has 0 N–H and O–H groups in total. The van der Waals surface area contributed by atoms with Gasteiger partial charge in [-0.1, -0.05) is 35.7 Å². The lowest BCUT2D eigenvalue weighted by Crippen LogP contribution is -2.59. The molecule has 2 aliphatic heterocycles. The maximum absolute atomic E-state index is 6.41. The number of piperidine rings is 1. The van der Waals surface area contributed by atoms with Gasteiger partial charge in [-0.15, -0.1) is 0 Å². The van der Waals surface area contributed by atoms with Gasteiger partial charge < -0.3 is 0 Å². The van der Waals surface area contributed by atoms with E-state index in [1.807, 2.05) is 12.1 Å². The Balaban J connectivity index is 1.78. The first-order chi connectivity index (χ1) is 10.1. The normalized spacial score (nSPS) is 29.1. The van der Waals surface area contributed by atoms with Gasteiger partial charge in [-0.2, -0.15) is 0 Å². The molecule has 2 heterocycles. The third-order valence-corrected chi connectivity index (χ3v) is 5.71. The Morgan fingerprint density at radius 3 is 2.76 bits per heavy atom. The van der Waals surface area contributed by atoms with Gasteiger partial charge in [0, 0.05) is 41.3 Å². The van der Waals surface area contributed by atoms with E-state index in [1.165, 1.54) is 37.9 Å². The van der Waals surface area contributed by atoms with Crippen LogP contribution in [0.3, 0.4) is 0 Å². The Morgan fingerprint density at radius 2 is 2.00 bits per heavy atom. The van der Waals surface area contributed by atoms with E-state index in [4.69, 9.17) is 23.2 Å². The summed E-state index contributed by atoms with van der Waals surface area (Å²) in [6, 6.07) is 7.52. The summed E-state index contributed by atoms with van der Waals surface area (Å²) in [5.41, 5.74) is 1.19. The number of rotatable bonds is 2. The van der Waals surface area contributed by atoms with Gasteiger partial charge >= 0.3 is 0 Å². The molecule has 2 fully saturated rings. The summed E-state index contributed by atoms with van der Waals surface area (Å²) in [5.74, 6) is 0. The van der Waals surface area contributed by atoms with Crippen molar-refractivity contribution in [1.82, 2.24) is 9.80 Å². The molecule has 2 nitrogen and oxygen atoms in total. The molecule has 0 aliphatic carbocycles. The molecule has 3 unspecified atom stereocenters. The molecule has 2 aliphatic rings. The van der Waals surface area contributed by atoms with E-state index in [1.54, 1.807) is 0 Å².